The fourth-order valence-electron chi connectivity index (χ4n) is 5.93. The third-order valence-electron chi connectivity index (χ3n) is 8.48. The first kappa shape index (κ1) is 34.8. The first-order chi connectivity index (χ1) is 23.3. The van der Waals surface area contributed by atoms with E-state index >= 15 is 0 Å². The van der Waals surface area contributed by atoms with Crippen LogP contribution in [0.5, 0.6) is 0 Å². The van der Waals surface area contributed by atoms with Crippen LogP contribution in [0.4, 0.5) is 4.79 Å². The topological polar surface area (TPSA) is 109 Å². The summed E-state index contributed by atoms with van der Waals surface area (Å²) in [6.45, 7) is 5.80. The van der Waals surface area contributed by atoms with Crippen molar-refractivity contribution in [2.45, 2.75) is 52.0 Å². The summed E-state index contributed by atoms with van der Waals surface area (Å²) in [7, 11) is 2.12. The molecule has 1 saturated heterocycles. The summed E-state index contributed by atoms with van der Waals surface area (Å²) in [5, 5.41) is 14.9. The number of aliphatic hydroxyl groups is 1. The third kappa shape index (κ3) is 9.51. The normalized spacial score (nSPS) is 19.1. The molecule has 252 valence electrons. The number of likely N-dealkylation sites (N-methyl/N-ethyl adjacent to an activating group) is 1. The van der Waals surface area contributed by atoms with Crippen molar-refractivity contribution in [2.75, 3.05) is 26.7 Å². The lowest BCUT2D eigenvalue weighted by Gasteiger charge is -2.42. The predicted octanol–water partition coefficient (Wildman–Crippen LogP) is 6.13. The molecular formula is C39H45N3O6. The quantitative estimate of drug-likeness (QED) is 0.149. The summed E-state index contributed by atoms with van der Waals surface area (Å²) < 4.78 is 18.3. The Morgan fingerprint density at radius 2 is 1.52 bits per heavy atom. The molecule has 1 heterocycles. The molecule has 2 amide bonds. The fourth-order valence-corrected chi connectivity index (χ4v) is 5.93. The van der Waals surface area contributed by atoms with E-state index in [-0.39, 0.29) is 37.9 Å². The van der Waals surface area contributed by atoms with Crippen molar-refractivity contribution < 1.29 is 28.9 Å². The maximum absolute atomic E-state index is 12.2. The summed E-state index contributed by atoms with van der Waals surface area (Å²) in [6.07, 6.45) is -0.903. The lowest BCUT2D eigenvalue weighted by molar-refractivity contribution is -0.276. The molecule has 9 heteroatoms. The molecule has 0 aliphatic carbocycles. The van der Waals surface area contributed by atoms with E-state index in [2.05, 4.69) is 59.8 Å². The van der Waals surface area contributed by atoms with Crippen molar-refractivity contribution in [3.05, 3.63) is 131 Å². The summed E-state index contributed by atoms with van der Waals surface area (Å²) in [4.78, 5) is 26.0. The Balaban J connectivity index is 1.32. The standard InChI is InChI=1S/C39H45N3O6/c1-4-46-36(44)23-41-39(45)40-22-30-12-8-13-32(20-30)33-14-9-15-34(21-33)38-47-35(25-42(3)24-28-10-6-5-7-11-28)27(2)37(48-38)31-18-16-29(26-43)17-19-31/h5-21,27,35,37-38,43H,4,22-26H2,1-3H3,(H2,40,41,45)/t27-,35+,37+,38+/m0/s1. The number of carbonyl (C=O) groups excluding carboxylic acids is 2. The number of rotatable bonds is 13. The van der Waals surface area contributed by atoms with Crippen molar-refractivity contribution in [1.29, 1.82) is 0 Å². The summed E-state index contributed by atoms with van der Waals surface area (Å²) >= 11 is 0. The van der Waals surface area contributed by atoms with Crippen LogP contribution in [0.1, 0.15) is 54.1 Å². The molecule has 0 bridgehead atoms. The van der Waals surface area contributed by atoms with Crippen LogP contribution in [0.15, 0.2) is 103 Å². The van der Waals surface area contributed by atoms with Crippen molar-refractivity contribution in [2.24, 2.45) is 5.92 Å². The number of aliphatic hydroxyl groups excluding tert-OH is 1. The molecule has 0 radical (unpaired) electrons. The largest absolute Gasteiger partial charge is 0.465 e. The molecule has 0 aromatic heterocycles. The zero-order chi connectivity index (χ0) is 33.9. The summed E-state index contributed by atoms with van der Waals surface area (Å²) in [5.41, 5.74) is 6.96. The minimum Gasteiger partial charge on any atom is -0.465 e. The molecule has 3 N–H and O–H groups in total. The van der Waals surface area contributed by atoms with E-state index in [0.29, 0.717) is 6.54 Å². The van der Waals surface area contributed by atoms with Gasteiger partial charge in [-0.3, -0.25) is 9.69 Å². The SMILES string of the molecule is CCOC(=O)CNC(=O)NCc1cccc(-c2cccc([C@@H]3O[C@H](CN(C)Cc4ccccc4)[C@H](C)[C@H](c4ccc(CO)cc4)O3)c2)c1. The molecular weight excluding hydrogens is 606 g/mol. The van der Waals surface area contributed by atoms with Crippen LogP contribution in [0.25, 0.3) is 11.1 Å². The number of nitrogens with one attached hydrogen (secondary N) is 2. The molecule has 1 aliphatic rings. The van der Waals surface area contributed by atoms with Gasteiger partial charge < -0.3 is 30.0 Å². The van der Waals surface area contributed by atoms with Crippen LogP contribution in [-0.2, 0) is 38.7 Å². The first-order valence-corrected chi connectivity index (χ1v) is 16.4. The predicted molar refractivity (Wildman–Crippen MR) is 184 cm³/mol. The van der Waals surface area contributed by atoms with Gasteiger partial charge in [0, 0.05) is 31.1 Å². The van der Waals surface area contributed by atoms with Crippen molar-refractivity contribution in [3.63, 3.8) is 0 Å². The fraction of sp³-hybridized carbons (Fsp3) is 0.333. The van der Waals surface area contributed by atoms with Gasteiger partial charge in [-0.15, -0.1) is 0 Å². The maximum atomic E-state index is 12.2. The van der Waals surface area contributed by atoms with Crippen LogP contribution in [-0.4, -0.2) is 54.9 Å². The molecule has 1 fully saturated rings. The van der Waals surface area contributed by atoms with Gasteiger partial charge in [-0.05, 0) is 59.5 Å². The van der Waals surface area contributed by atoms with Gasteiger partial charge in [0.1, 0.15) is 6.54 Å². The van der Waals surface area contributed by atoms with Crippen LogP contribution >= 0.6 is 0 Å². The number of esters is 1. The molecule has 4 atom stereocenters. The van der Waals surface area contributed by atoms with Crippen molar-refractivity contribution in [3.8, 4) is 11.1 Å². The molecule has 1 aliphatic heterocycles. The molecule has 0 unspecified atom stereocenters. The lowest BCUT2D eigenvalue weighted by Crippen LogP contribution is -2.43. The van der Waals surface area contributed by atoms with Crippen LogP contribution < -0.4 is 10.6 Å². The minimum atomic E-state index is -0.591. The highest BCUT2D eigenvalue weighted by molar-refractivity contribution is 5.80. The summed E-state index contributed by atoms with van der Waals surface area (Å²) in [5.74, 6) is -0.410. The van der Waals surface area contributed by atoms with E-state index in [0.717, 1.165) is 46.5 Å². The van der Waals surface area contributed by atoms with Gasteiger partial charge in [-0.2, -0.15) is 0 Å². The highest BCUT2D eigenvalue weighted by Crippen LogP contribution is 2.42. The highest BCUT2D eigenvalue weighted by atomic mass is 16.7. The smallest absolute Gasteiger partial charge is 0.325 e. The number of carbonyl (C=O) groups is 2. The zero-order valence-electron chi connectivity index (χ0n) is 27.8. The lowest BCUT2D eigenvalue weighted by atomic mass is 9.90. The number of benzene rings is 4. The van der Waals surface area contributed by atoms with Crippen LogP contribution in [0, 0.1) is 5.92 Å². The number of nitrogens with zero attached hydrogens (tertiary/aromatic N) is 1. The van der Waals surface area contributed by atoms with Gasteiger partial charge in [0.2, 0.25) is 0 Å². The third-order valence-corrected chi connectivity index (χ3v) is 8.48. The van der Waals surface area contributed by atoms with Crippen molar-refractivity contribution >= 4 is 12.0 Å². The Kier molecular flexibility index (Phi) is 12.3. The van der Waals surface area contributed by atoms with Gasteiger partial charge in [0.15, 0.2) is 6.29 Å². The van der Waals surface area contributed by atoms with E-state index in [1.807, 2.05) is 72.8 Å². The van der Waals surface area contributed by atoms with E-state index in [1.54, 1.807) is 6.92 Å². The molecule has 48 heavy (non-hydrogen) atoms. The molecule has 9 nitrogen and oxygen atoms in total. The van der Waals surface area contributed by atoms with Gasteiger partial charge in [-0.1, -0.05) is 97.9 Å². The molecule has 4 aromatic rings. The average Bonchev–Trinajstić information content (AvgIpc) is 3.11. The van der Waals surface area contributed by atoms with Gasteiger partial charge in [-0.25, -0.2) is 4.79 Å². The Labute approximate surface area is 282 Å². The highest BCUT2D eigenvalue weighted by Gasteiger charge is 2.39. The second-order valence-corrected chi connectivity index (χ2v) is 12.2. The maximum Gasteiger partial charge on any atom is 0.325 e. The Morgan fingerprint density at radius 1 is 0.812 bits per heavy atom. The molecule has 0 saturated carbocycles. The number of urea groups is 1. The zero-order valence-corrected chi connectivity index (χ0v) is 27.8. The van der Waals surface area contributed by atoms with E-state index in [1.165, 1.54) is 5.56 Å². The second kappa shape index (κ2) is 17.0. The van der Waals surface area contributed by atoms with Gasteiger partial charge in [0.05, 0.1) is 25.4 Å². The number of amides is 2. The molecule has 4 aromatic carbocycles. The second-order valence-electron chi connectivity index (χ2n) is 12.2. The van der Waals surface area contributed by atoms with E-state index in [4.69, 9.17) is 14.2 Å². The van der Waals surface area contributed by atoms with E-state index < -0.39 is 18.3 Å². The molecule has 5 rings (SSSR count). The van der Waals surface area contributed by atoms with Crippen LogP contribution in [0.2, 0.25) is 0 Å². The Hall–Kier alpha value is -4.54. The number of hydrogen-bond donors (Lipinski definition) is 3. The van der Waals surface area contributed by atoms with Gasteiger partial charge in [0.25, 0.3) is 0 Å². The monoisotopic (exact) mass is 651 g/mol. The number of hydrogen-bond acceptors (Lipinski definition) is 7. The molecule has 0 spiro atoms. The Bertz CT molecular complexity index is 1630. The first-order valence-electron chi connectivity index (χ1n) is 16.4. The summed E-state index contributed by atoms with van der Waals surface area (Å²) in [6, 6.07) is 34.1. The van der Waals surface area contributed by atoms with E-state index in [9.17, 15) is 14.7 Å². The van der Waals surface area contributed by atoms with Gasteiger partial charge >= 0.3 is 12.0 Å². The average molecular weight is 652 g/mol. The van der Waals surface area contributed by atoms with Crippen LogP contribution in [0.3, 0.4) is 0 Å². The van der Waals surface area contributed by atoms with Crippen molar-refractivity contribution in [1.82, 2.24) is 15.5 Å². The Morgan fingerprint density at radius 3 is 2.25 bits per heavy atom. The number of ether oxygens (including phenoxy) is 3. The minimum absolute atomic E-state index is 0.00721.